The second-order valence-electron chi connectivity index (χ2n) is 32.4. The molecule has 0 saturated carbocycles. The van der Waals surface area contributed by atoms with Crippen molar-refractivity contribution in [2.45, 2.75) is 180 Å². The number of rotatable bonds is 24. The molecule has 0 aliphatic rings. The van der Waals surface area contributed by atoms with Crippen molar-refractivity contribution in [2.24, 2.45) is 10.8 Å². The van der Waals surface area contributed by atoms with Gasteiger partial charge in [0.15, 0.2) is 25.1 Å². The Morgan fingerprint density at radius 2 is 0.726 bits per heavy atom. The SMILES string of the molecule is CCOCOc1c(-c2cc(F)cc(C)c2OCCCOc2c(C)cc(F)cc2-c2cc(C(C)(C)CC(C)(C)C)cc(-n3c4cc(C)ccc4c4ccc([Si](C)(C)C)cc43)c2OCOCC)cc(C(C)(C)CC(C)(C)C)cc1-n1c2cc(C)ccc2c2ccc([Si](C)(C)C)cc21. The number of benzene rings is 8. The number of nitrogens with zero attached hydrogens (tertiary/aromatic N) is 2. The fourth-order valence-electron chi connectivity index (χ4n) is 14.6. The Kier molecular flexibility index (Phi) is 20.1. The van der Waals surface area contributed by atoms with Crippen LogP contribution in [-0.2, 0) is 20.3 Å². The molecular formula is C83H104F2N2O6Si2. The summed E-state index contributed by atoms with van der Waals surface area (Å²) in [6.07, 6.45) is 2.17. The summed E-state index contributed by atoms with van der Waals surface area (Å²) in [5.41, 5.74) is 13.5. The monoisotopic (exact) mass is 1320 g/mol. The van der Waals surface area contributed by atoms with Crippen LogP contribution in [0.3, 0.4) is 0 Å². The Morgan fingerprint density at radius 3 is 1.06 bits per heavy atom. The number of ether oxygens (including phenoxy) is 6. The lowest BCUT2D eigenvalue weighted by Gasteiger charge is -2.34. The highest BCUT2D eigenvalue weighted by atomic mass is 28.3. The Bertz CT molecular complexity index is 4220. The van der Waals surface area contributed by atoms with E-state index in [1.165, 1.54) is 22.5 Å². The minimum Gasteiger partial charge on any atom is -0.493 e. The van der Waals surface area contributed by atoms with Gasteiger partial charge in [-0.3, -0.25) is 0 Å². The fraction of sp³-hybridized carbons (Fsp3) is 0.422. The Balaban J connectivity index is 1.10. The molecule has 504 valence electrons. The molecule has 10 rings (SSSR count). The molecule has 0 unspecified atom stereocenters. The average molecular weight is 1320 g/mol. The molecule has 2 heterocycles. The molecule has 0 spiro atoms. The van der Waals surface area contributed by atoms with Gasteiger partial charge >= 0.3 is 0 Å². The fourth-order valence-corrected chi connectivity index (χ4v) is 16.9. The summed E-state index contributed by atoms with van der Waals surface area (Å²) in [5.74, 6) is 1.43. The van der Waals surface area contributed by atoms with Crippen LogP contribution in [-0.4, -0.2) is 65.3 Å². The van der Waals surface area contributed by atoms with Gasteiger partial charge in [-0.25, -0.2) is 8.78 Å². The molecule has 0 fully saturated rings. The Hall–Kier alpha value is -7.23. The lowest BCUT2D eigenvalue weighted by Crippen LogP contribution is -2.37. The van der Waals surface area contributed by atoms with Crippen LogP contribution in [0.2, 0.25) is 39.3 Å². The van der Waals surface area contributed by atoms with Gasteiger partial charge in [-0.15, -0.1) is 0 Å². The first-order chi connectivity index (χ1) is 44.5. The van der Waals surface area contributed by atoms with Crippen LogP contribution in [0.25, 0.3) is 77.2 Å². The van der Waals surface area contributed by atoms with Crippen molar-refractivity contribution in [3.63, 3.8) is 0 Å². The quantitative estimate of drug-likeness (QED) is 0.0341. The molecule has 0 N–H and O–H groups in total. The second kappa shape index (κ2) is 27.0. The summed E-state index contributed by atoms with van der Waals surface area (Å²) in [5, 5.41) is 7.25. The summed E-state index contributed by atoms with van der Waals surface area (Å²) in [4.78, 5) is 0. The van der Waals surface area contributed by atoms with Crippen molar-refractivity contribution in [1.29, 1.82) is 0 Å². The highest BCUT2D eigenvalue weighted by molar-refractivity contribution is 6.89. The Morgan fingerprint density at radius 1 is 0.389 bits per heavy atom. The van der Waals surface area contributed by atoms with E-state index in [0.29, 0.717) is 76.0 Å². The first kappa shape index (κ1) is 70.6. The zero-order valence-electron chi connectivity index (χ0n) is 61.0. The molecule has 12 heteroatoms. The van der Waals surface area contributed by atoms with Gasteiger partial charge in [0.2, 0.25) is 0 Å². The second-order valence-corrected chi connectivity index (χ2v) is 42.6. The van der Waals surface area contributed by atoms with Crippen molar-refractivity contribution < 1.29 is 37.2 Å². The number of aryl methyl sites for hydroxylation is 4. The van der Waals surface area contributed by atoms with E-state index in [2.05, 4.69) is 229 Å². The molecule has 8 aromatic carbocycles. The molecule has 95 heavy (non-hydrogen) atoms. The van der Waals surface area contributed by atoms with Crippen molar-refractivity contribution in [3.8, 4) is 56.6 Å². The van der Waals surface area contributed by atoms with E-state index in [1.807, 2.05) is 27.7 Å². The van der Waals surface area contributed by atoms with Crippen LogP contribution in [0.4, 0.5) is 8.78 Å². The first-order valence-corrected chi connectivity index (χ1v) is 41.2. The smallest absolute Gasteiger partial charge is 0.189 e. The van der Waals surface area contributed by atoms with Gasteiger partial charge in [0.25, 0.3) is 0 Å². The zero-order valence-corrected chi connectivity index (χ0v) is 63.0. The molecule has 0 aliphatic heterocycles. The molecular weight excluding hydrogens is 1220 g/mol. The number of fused-ring (bicyclic) bond motifs is 6. The van der Waals surface area contributed by atoms with Crippen LogP contribution in [0.5, 0.6) is 23.0 Å². The molecule has 8 nitrogen and oxygen atoms in total. The zero-order chi connectivity index (χ0) is 69.1. The van der Waals surface area contributed by atoms with Crippen LogP contribution in [0.1, 0.15) is 136 Å². The molecule has 0 atom stereocenters. The van der Waals surface area contributed by atoms with Gasteiger partial charge in [-0.2, -0.15) is 0 Å². The third-order valence-corrected chi connectivity index (χ3v) is 22.6. The van der Waals surface area contributed by atoms with Gasteiger partial charge < -0.3 is 37.6 Å². The van der Waals surface area contributed by atoms with E-state index in [0.717, 1.165) is 90.1 Å². The predicted octanol–water partition coefficient (Wildman–Crippen LogP) is 21.8. The van der Waals surface area contributed by atoms with Gasteiger partial charge in [0.05, 0.1) is 62.8 Å². The molecule has 0 amide bonds. The minimum atomic E-state index is -1.80. The number of halogens is 2. The normalized spacial score (nSPS) is 12.9. The molecule has 0 saturated heterocycles. The first-order valence-electron chi connectivity index (χ1n) is 34.2. The van der Waals surface area contributed by atoms with Crippen molar-refractivity contribution in [2.75, 3.05) is 40.0 Å². The van der Waals surface area contributed by atoms with Crippen molar-refractivity contribution in [1.82, 2.24) is 9.13 Å². The number of hydrogen-bond donors (Lipinski definition) is 0. The van der Waals surface area contributed by atoms with Crippen LogP contribution in [0.15, 0.2) is 121 Å². The molecule has 0 radical (unpaired) electrons. The highest BCUT2D eigenvalue weighted by Crippen LogP contribution is 2.51. The summed E-state index contributed by atoms with van der Waals surface area (Å²) in [6, 6.07) is 42.5. The Labute approximate surface area is 567 Å². The summed E-state index contributed by atoms with van der Waals surface area (Å²) in [7, 11) is -3.60. The molecule has 0 aliphatic carbocycles. The standard InChI is InChI=1S/C83H104F2N2O6Si2/c1-23-88-50-92-78-66(40-56(82(13,14)48-80(7,8)9)42-74(78)86-70-36-52(3)26-30-62(70)64-32-28-60(46-72(64)86)94(17,18)19)68-44-58(84)38-54(5)76(68)90-34-25-35-91-77-55(6)39-59(85)45-69(77)67-41-57(83(15,16)49-81(10,11)12)43-75(79(67)93-51-89-24-2)87-71-37-53(4)27-31-63(71)65-33-29-61(47-73(65)87)95(20,21)22/h26-33,36-47H,23-25,34-35,48-51H2,1-22H3. The van der Waals surface area contributed by atoms with Crippen LogP contribution < -0.4 is 29.3 Å². The number of aromatic nitrogens is 2. The lowest BCUT2D eigenvalue weighted by atomic mass is 9.71. The summed E-state index contributed by atoms with van der Waals surface area (Å²) >= 11 is 0. The van der Waals surface area contributed by atoms with E-state index >= 15 is 8.78 Å². The van der Waals surface area contributed by atoms with E-state index < -0.39 is 16.1 Å². The minimum absolute atomic E-state index is 0.0238. The van der Waals surface area contributed by atoms with E-state index in [9.17, 15) is 0 Å². The topological polar surface area (TPSA) is 65.2 Å². The third kappa shape index (κ3) is 15.2. The maximum absolute atomic E-state index is 16.6. The predicted molar refractivity (Wildman–Crippen MR) is 401 cm³/mol. The van der Waals surface area contributed by atoms with E-state index in [1.54, 1.807) is 12.1 Å². The van der Waals surface area contributed by atoms with Gasteiger partial charge in [-0.05, 0) is 182 Å². The van der Waals surface area contributed by atoms with Gasteiger partial charge in [0, 0.05) is 63.4 Å². The lowest BCUT2D eigenvalue weighted by molar-refractivity contribution is 0.0225. The summed E-state index contributed by atoms with van der Waals surface area (Å²) in [6.45, 7) is 50.5. The van der Waals surface area contributed by atoms with Crippen molar-refractivity contribution in [3.05, 3.63) is 166 Å². The van der Waals surface area contributed by atoms with E-state index in [4.69, 9.17) is 28.4 Å². The van der Waals surface area contributed by atoms with Gasteiger partial charge in [-0.1, -0.05) is 167 Å². The third-order valence-electron chi connectivity index (χ3n) is 18.5. The molecule has 0 bridgehead atoms. The van der Waals surface area contributed by atoms with Crippen LogP contribution in [0, 0.1) is 50.2 Å². The maximum Gasteiger partial charge on any atom is 0.189 e. The molecule has 2 aromatic heterocycles. The van der Waals surface area contributed by atoms with Gasteiger partial charge in [0.1, 0.15) is 23.1 Å². The molecule has 10 aromatic rings. The maximum atomic E-state index is 16.6. The highest BCUT2D eigenvalue weighted by Gasteiger charge is 2.35. The average Bonchev–Trinajstić information content (AvgIpc) is 1.64. The van der Waals surface area contributed by atoms with Crippen LogP contribution >= 0.6 is 0 Å². The van der Waals surface area contributed by atoms with Crippen molar-refractivity contribution >= 4 is 70.1 Å². The summed E-state index contributed by atoms with van der Waals surface area (Å²) < 4.78 is 77.9. The largest absolute Gasteiger partial charge is 0.493 e. The number of hydrogen-bond acceptors (Lipinski definition) is 6. The van der Waals surface area contributed by atoms with E-state index in [-0.39, 0.29) is 60.1 Å².